The first kappa shape index (κ1) is 11.9. The largest absolute Gasteiger partial charge is 0.310 e. The van der Waals surface area contributed by atoms with Gasteiger partial charge in [-0.3, -0.25) is 0 Å². The Morgan fingerprint density at radius 2 is 2.38 bits per heavy atom. The summed E-state index contributed by atoms with van der Waals surface area (Å²) < 4.78 is 0. The average Bonchev–Trinajstić information content (AvgIpc) is 3.08. The van der Waals surface area contributed by atoms with E-state index in [1.807, 2.05) is 12.1 Å². The number of nitrogens with one attached hydrogen (secondary N) is 1. The van der Waals surface area contributed by atoms with Crippen LogP contribution >= 0.6 is 11.6 Å². The molecule has 2 nitrogen and oxygen atoms in total. The smallest absolute Gasteiger partial charge is 0.129 e. The standard InChI is InChI=1S/C13H19ClN2/c1-10(12-6-8-16-13(14)9-12)15-7-2-3-11-4-5-11/h6,8-11,15H,2-5,7H2,1H3. The van der Waals surface area contributed by atoms with Crippen LogP contribution in [0, 0.1) is 5.92 Å². The van der Waals surface area contributed by atoms with E-state index in [-0.39, 0.29) is 0 Å². The Bertz CT molecular complexity index is 336. The van der Waals surface area contributed by atoms with E-state index in [0.717, 1.165) is 12.5 Å². The van der Waals surface area contributed by atoms with Gasteiger partial charge in [0, 0.05) is 12.2 Å². The minimum atomic E-state index is 0.361. The lowest BCUT2D eigenvalue weighted by molar-refractivity contribution is 0.533. The molecule has 1 saturated carbocycles. The maximum absolute atomic E-state index is 5.86. The average molecular weight is 239 g/mol. The van der Waals surface area contributed by atoms with Crippen molar-refractivity contribution in [1.82, 2.24) is 10.3 Å². The summed E-state index contributed by atoms with van der Waals surface area (Å²) >= 11 is 5.86. The number of hydrogen-bond donors (Lipinski definition) is 1. The van der Waals surface area contributed by atoms with Crippen LogP contribution in [0.3, 0.4) is 0 Å². The normalized spacial score (nSPS) is 17.4. The lowest BCUT2D eigenvalue weighted by Crippen LogP contribution is -2.19. The zero-order chi connectivity index (χ0) is 11.4. The second kappa shape index (κ2) is 5.65. The fourth-order valence-corrected chi connectivity index (χ4v) is 2.10. The molecule has 0 spiro atoms. The van der Waals surface area contributed by atoms with Gasteiger partial charge < -0.3 is 5.32 Å². The maximum atomic E-state index is 5.86. The summed E-state index contributed by atoms with van der Waals surface area (Å²) in [7, 11) is 0. The Morgan fingerprint density at radius 1 is 1.56 bits per heavy atom. The van der Waals surface area contributed by atoms with Crippen LogP contribution in [-0.2, 0) is 0 Å². The molecule has 0 amide bonds. The molecule has 0 saturated heterocycles. The molecule has 1 heterocycles. The summed E-state index contributed by atoms with van der Waals surface area (Å²) in [4.78, 5) is 3.99. The minimum Gasteiger partial charge on any atom is -0.310 e. The molecule has 1 fully saturated rings. The number of nitrogens with zero attached hydrogens (tertiary/aromatic N) is 1. The van der Waals surface area contributed by atoms with Crippen LogP contribution in [0.25, 0.3) is 0 Å². The van der Waals surface area contributed by atoms with Gasteiger partial charge in [0.1, 0.15) is 5.15 Å². The van der Waals surface area contributed by atoms with E-state index in [1.54, 1.807) is 6.20 Å². The molecule has 1 aliphatic rings. The van der Waals surface area contributed by atoms with E-state index in [1.165, 1.54) is 31.2 Å². The second-order valence-electron chi connectivity index (χ2n) is 4.67. The van der Waals surface area contributed by atoms with Crippen LogP contribution < -0.4 is 5.32 Å². The van der Waals surface area contributed by atoms with Crippen molar-refractivity contribution in [3.05, 3.63) is 29.0 Å². The van der Waals surface area contributed by atoms with E-state index in [0.29, 0.717) is 11.2 Å². The van der Waals surface area contributed by atoms with Gasteiger partial charge in [0.15, 0.2) is 0 Å². The molecule has 0 bridgehead atoms. The molecule has 1 unspecified atom stereocenters. The Morgan fingerprint density at radius 3 is 3.06 bits per heavy atom. The summed E-state index contributed by atoms with van der Waals surface area (Å²) in [6.45, 7) is 3.26. The summed E-state index contributed by atoms with van der Waals surface area (Å²) in [6, 6.07) is 4.31. The van der Waals surface area contributed by atoms with Gasteiger partial charge in [-0.05, 0) is 49.9 Å². The molecule has 1 N–H and O–H groups in total. The second-order valence-corrected chi connectivity index (χ2v) is 5.06. The van der Waals surface area contributed by atoms with Crippen molar-refractivity contribution in [1.29, 1.82) is 0 Å². The van der Waals surface area contributed by atoms with Crippen LogP contribution in [0.2, 0.25) is 5.15 Å². The topological polar surface area (TPSA) is 24.9 Å². The third-order valence-electron chi connectivity index (χ3n) is 3.19. The van der Waals surface area contributed by atoms with Gasteiger partial charge in [0.25, 0.3) is 0 Å². The SMILES string of the molecule is CC(NCCCC1CC1)c1ccnc(Cl)c1. The first-order chi connectivity index (χ1) is 7.75. The Kier molecular flexibility index (Phi) is 4.19. The molecule has 0 aromatic carbocycles. The van der Waals surface area contributed by atoms with Crippen LogP contribution in [0.15, 0.2) is 18.3 Å². The predicted molar refractivity (Wildman–Crippen MR) is 67.6 cm³/mol. The van der Waals surface area contributed by atoms with Crippen LogP contribution in [0.4, 0.5) is 0 Å². The highest BCUT2D eigenvalue weighted by Crippen LogP contribution is 2.33. The van der Waals surface area contributed by atoms with Crippen LogP contribution in [0.5, 0.6) is 0 Å². The van der Waals surface area contributed by atoms with Crippen LogP contribution in [-0.4, -0.2) is 11.5 Å². The molecule has 1 aromatic heterocycles. The molecule has 16 heavy (non-hydrogen) atoms. The lowest BCUT2D eigenvalue weighted by atomic mass is 10.1. The number of aromatic nitrogens is 1. The molecular weight excluding hydrogens is 220 g/mol. The highest BCUT2D eigenvalue weighted by atomic mass is 35.5. The van der Waals surface area contributed by atoms with Crippen molar-refractivity contribution in [3.63, 3.8) is 0 Å². The van der Waals surface area contributed by atoms with Gasteiger partial charge in [-0.15, -0.1) is 0 Å². The molecule has 0 aliphatic heterocycles. The van der Waals surface area contributed by atoms with Gasteiger partial charge in [-0.25, -0.2) is 4.98 Å². The number of rotatable bonds is 6. The van der Waals surface area contributed by atoms with Crippen molar-refractivity contribution < 1.29 is 0 Å². The summed E-state index contributed by atoms with van der Waals surface area (Å²) in [5.74, 6) is 1.03. The maximum Gasteiger partial charge on any atom is 0.129 e. The van der Waals surface area contributed by atoms with Crippen molar-refractivity contribution in [2.24, 2.45) is 5.92 Å². The Labute approximate surface area is 102 Å². The summed E-state index contributed by atoms with van der Waals surface area (Å²) in [5, 5.41) is 4.10. The van der Waals surface area contributed by atoms with Crippen molar-refractivity contribution in [2.75, 3.05) is 6.54 Å². The molecule has 2 rings (SSSR count). The van der Waals surface area contributed by atoms with Gasteiger partial charge >= 0.3 is 0 Å². The van der Waals surface area contributed by atoms with Crippen molar-refractivity contribution >= 4 is 11.6 Å². The molecule has 1 aliphatic carbocycles. The van der Waals surface area contributed by atoms with Gasteiger partial charge in [-0.1, -0.05) is 24.4 Å². The monoisotopic (exact) mass is 238 g/mol. The summed E-state index contributed by atoms with van der Waals surface area (Å²) in [5.41, 5.74) is 1.21. The van der Waals surface area contributed by atoms with Crippen LogP contribution in [0.1, 0.15) is 44.2 Å². The quantitative estimate of drug-likeness (QED) is 0.605. The highest BCUT2D eigenvalue weighted by Gasteiger charge is 2.20. The first-order valence-electron chi connectivity index (χ1n) is 6.10. The third-order valence-corrected chi connectivity index (χ3v) is 3.39. The fraction of sp³-hybridized carbons (Fsp3) is 0.615. The van der Waals surface area contributed by atoms with Crippen molar-refractivity contribution in [2.45, 2.75) is 38.6 Å². The number of hydrogen-bond acceptors (Lipinski definition) is 2. The van der Waals surface area contributed by atoms with E-state index < -0.39 is 0 Å². The highest BCUT2D eigenvalue weighted by molar-refractivity contribution is 6.29. The molecular formula is C13H19ClN2. The predicted octanol–water partition coefficient (Wildman–Crippen LogP) is 3.58. The van der Waals surface area contributed by atoms with E-state index in [9.17, 15) is 0 Å². The van der Waals surface area contributed by atoms with Gasteiger partial charge in [0.05, 0.1) is 0 Å². The lowest BCUT2D eigenvalue weighted by Gasteiger charge is -2.14. The van der Waals surface area contributed by atoms with E-state index in [4.69, 9.17) is 11.6 Å². The molecule has 88 valence electrons. The zero-order valence-corrected chi connectivity index (χ0v) is 10.5. The molecule has 1 atom stereocenters. The van der Waals surface area contributed by atoms with E-state index in [2.05, 4.69) is 17.2 Å². The minimum absolute atomic E-state index is 0.361. The zero-order valence-electron chi connectivity index (χ0n) is 9.75. The number of pyridine rings is 1. The first-order valence-corrected chi connectivity index (χ1v) is 6.48. The third kappa shape index (κ3) is 3.76. The Hall–Kier alpha value is -0.600. The van der Waals surface area contributed by atoms with E-state index >= 15 is 0 Å². The number of halogens is 1. The van der Waals surface area contributed by atoms with Gasteiger partial charge in [-0.2, -0.15) is 0 Å². The molecule has 0 radical (unpaired) electrons. The molecule has 3 heteroatoms. The van der Waals surface area contributed by atoms with Crippen molar-refractivity contribution in [3.8, 4) is 0 Å². The molecule has 1 aromatic rings. The fourth-order valence-electron chi connectivity index (χ4n) is 1.92. The summed E-state index contributed by atoms with van der Waals surface area (Å²) in [6.07, 6.45) is 7.34. The Balaban J connectivity index is 1.71. The van der Waals surface area contributed by atoms with Gasteiger partial charge in [0.2, 0.25) is 0 Å².